The van der Waals surface area contributed by atoms with Crippen LogP contribution in [0, 0.1) is 17.3 Å². The van der Waals surface area contributed by atoms with E-state index in [1.54, 1.807) is 0 Å². The maximum atomic E-state index is 10.1. The van der Waals surface area contributed by atoms with Crippen LogP contribution in [0.3, 0.4) is 0 Å². The van der Waals surface area contributed by atoms with Crippen LogP contribution in [-0.2, 0) is 13.0 Å². The van der Waals surface area contributed by atoms with Crippen LogP contribution >= 0.6 is 0 Å². The molecule has 2 rings (SSSR count). The summed E-state index contributed by atoms with van der Waals surface area (Å²) in [4.78, 5) is 0. The number of hydrogen-bond acceptors (Lipinski definition) is 1. The summed E-state index contributed by atoms with van der Waals surface area (Å²) in [5.74, 6) is 6.01. The van der Waals surface area contributed by atoms with Gasteiger partial charge in [-0.3, -0.25) is 0 Å². The third-order valence-corrected chi connectivity index (χ3v) is 3.52. The maximum absolute atomic E-state index is 10.1. The van der Waals surface area contributed by atoms with Gasteiger partial charge in [0.05, 0.1) is 6.10 Å². The van der Waals surface area contributed by atoms with Gasteiger partial charge < -0.3 is 9.67 Å². The second-order valence-electron chi connectivity index (χ2n) is 5.65. The predicted octanol–water partition coefficient (Wildman–Crippen LogP) is 2.91. The minimum Gasteiger partial charge on any atom is -0.388 e. The molecule has 0 spiro atoms. The molecule has 1 atom stereocenters. The highest BCUT2D eigenvalue weighted by Gasteiger charge is 2.32. The van der Waals surface area contributed by atoms with E-state index in [0.29, 0.717) is 0 Å². The van der Waals surface area contributed by atoms with E-state index < -0.39 is 0 Å². The van der Waals surface area contributed by atoms with Crippen LogP contribution in [-0.4, -0.2) is 9.67 Å². The van der Waals surface area contributed by atoms with E-state index in [4.69, 9.17) is 0 Å². The Bertz CT molecular complexity index is 459. The first kappa shape index (κ1) is 12.3. The quantitative estimate of drug-likeness (QED) is 0.778. The largest absolute Gasteiger partial charge is 0.388 e. The van der Waals surface area contributed by atoms with Crippen LogP contribution in [0.5, 0.6) is 0 Å². The zero-order valence-corrected chi connectivity index (χ0v) is 11.0. The number of aliphatic hydroxyl groups is 1. The summed E-state index contributed by atoms with van der Waals surface area (Å²) >= 11 is 0. The predicted molar refractivity (Wildman–Crippen MR) is 69.6 cm³/mol. The molecular weight excluding hydrogens is 210 g/mol. The molecule has 1 N–H and O–H groups in total. The third-order valence-electron chi connectivity index (χ3n) is 3.52. The average molecular weight is 231 g/mol. The van der Waals surface area contributed by atoms with Gasteiger partial charge in [0.25, 0.3) is 0 Å². The van der Waals surface area contributed by atoms with Gasteiger partial charge in [0.2, 0.25) is 0 Å². The lowest BCUT2D eigenvalue weighted by Crippen LogP contribution is -2.26. The van der Waals surface area contributed by atoms with Gasteiger partial charge in [-0.05, 0) is 31.2 Å². The smallest absolute Gasteiger partial charge is 0.0812 e. The van der Waals surface area contributed by atoms with Crippen LogP contribution in [0.1, 0.15) is 51.0 Å². The van der Waals surface area contributed by atoms with E-state index >= 15 is 0 Å². The Morgan fingerprint density at radius 3 is 3.00 bits per heavy atom. The van der Waals surface area contributed by atoms with Gasteiger partial charge in [-0.1, -0.05) is 13.8 Å². The number of rotatable bonds is 2. The van der Waals surface area contributed by atoms with Gasteiger partial charge >= 0.3 is 0 Å². The highest BCUT2D eigenvalue weighted by Crippen LogP contribution is 2.41. The molecule has 0 saturated carbocycles. The Balaban J connectivity index is 2.23. The van der Waals surface area contributed by atoms with Crippen molar-refractivity contribution < 1.29 is 5.11 Å². The third kappa shape index (κ3) is 2.56. The SMILES string of the molecule is CC#CCCn1ccc2c1CC(C)(C)CC2O. The Labute approximate surface area is 104 Å². The number of nitrogens with zero attached hydrogens (tertiary/aromatic N) is 1. The molecular formula is C15H21NO. The molecule has 0 saturated heterocycles. The fourth-order valence-electron chi connectivity index (χ4n) is 2.70. The lowest BCUT2D eigenvalue weighted by atomic mass is 9.75. The highest BCUT2D eigenvalue weighted by atomic mass is 16.3. The molecule has 0 radical (unpaired) electrons. The Morgan fingerprint density at radius 1 is 1.53 bits per heavy atom. The second-order valence-corrected chi connectivity index (χ2v) is 5.65. The van der Waals surface area contributed by atoms with Crippen LogP contribution in [0.4, 0.5) is 0 Å². The molecule has 1 aromatic heterocycles. The Hall–Kier alpha value is -1.20. The molecule has 0 fully saturated rings. The minimum absolute atomic E-state index is 0.193. The zero-order valence-electron chi connectivity index (χ0n) is 11.0. The standard InChI is InChI=1S/C15H21NO/c1-4-5-6-8-16-9-7-12-13(16)10-15(2,3)11-14(12)17/h7,9,14,17H,6,8,10-11H2,1-3H3. The van der Waals surface area contributed by atoms with Crippen molar-refractivity contribution in [3.63, 3.8) is 0 Å². The Kier molecular flexibility index (Phi) is 3.31. The van der Waals surface area contributed by atoms with Gasteiger partial charge in [0.1, 0.15) is 0 Å². The molecule has 1 aliphatic carbocycles. The monoisotopic (exact) mass is 231 g/mol. The van der Waals surface area contributed by atoms with E-state index in [9.17, 15) is 5.11 Å². The molecule has 17 heavy (non-hydrogen) atoms. The highest BCUT2D eigenvalue weighted by molar-refractivity contribution is 5.29. The van der Waals surface area contributed by atoms with Gasteiger partial charge in [-0.15, -0.1) is 11.8 Å². The van der Waals surface area contributed by atoms with Crippen LogP contribution in [0.2, 0.25) is 0 Å². The van der Waals surface area contributed by atoms with Crippen molar-refractivity contribution in [2.45, 2.75) is 52.7 Å². The lowest BCUT2D eigenvalue weighted by Gasteiger charge is -2.33. The fraction of sp³-hybridized carbons (Fsp3) is 0.600. The van der Waals surface area contributed by atoms with Crippen LogP contribution in [0.15, 0.2) is 12.3 Å². The second kappa shape index (κ2) is 4.58. The number of aryl methyl sites for hydroxylation is 1. The van der Waals surface area contributed by atoms with Crippen LogP contribution < -0.4 is 0 Å². The van der Waals surface area contributed by atoms with Crippen molar-refractivity contribution in [1.82, 2.24) is 4.57 Å². The lowest BCUT2D eigenvalue weighted by molar-refractivity contribution is 0.0980. The summed E-state index contributed by atoms with van der Waals surface area (Å²) in [6.07, 6.45) is 4.58. The molecule has 2 heteroatoms. The number of aromatic nitrogens is 1. The van der Waals surface area contributed by atoms with Crippen molar-refractivity contribution in [1.29, 1.82) is 0 Å². The maximum Gasteiger partial charge on any atom is 0.0812 e. The minimum atomic E-state index is -0.299. The summed E-state index contributed by atoms with van der Waals surface area (Å²) in [5, 5.41) is 10.1. The van der Waals surface area contributed by atoms with Crippen molar-refractivity contribution in [3.8, 4) is 11.8 Å². The molecule has 0 amide bonds. The molecule has 1 unspecified atom stereocenters. The zero-order chi connectivity index (χ0) is 12.5. The fourth-order valence-corrected chi connectivity index (χ4v) is 2.70. The summed E-state index contributed by atoms with van der Waals surface area (Å²) in [6.45, 7) is 7.25. The number of fused-ring (bicyclic) bond motifs is 1. The first-order valence-corrected chi connectivity index (χ1v) is 6.29. The van der Waals surface area contributed by atoms with Gasteiger partial charge in [-0.2, -0.15) is 0 Å². The molecule has 2 nitrogen and oxygen atoms in total. The number of aliphatic hydroxyl groups excluding tert-OH is 1. The normalized spacial score (nSPS) is 21.5. The van der Waals surface area contributed by atoms with Gasteiger partial charge in [0, 0.05) is 30.4 Å². The Morgan fingerprint density at radius 2 is 2.29 bits per heavy atom. The van der Waals surface area contributed by atoms with Gasteiger partial charge in [-0.25, -0.2) is 0 Å². The molecule has 0 aliphatic heterocycles. The van der Waals surface area contributed by atoms with Crippen molar-refractivity contribution in [2.24, 2.45) is 5.41 Å². The van der Waals surface area contributed by atoms with Crippen molar-refractivity contribution in [2.75, 3.05) is 0 Å². The summed E-state index contributed by atoms with van der Waals surface area (Å²) in [5.41, 5.74) is 2.61. The van der Waals surface area contributed by atoms with Crippen LogP contribution in [0.25, 0.3) is 0 Å². The first-order chi connectivity index (χ1) is 8.03. The van der Waals surface area contributed by atoms with E-state index in [-0.39, 0.29) is 11.5 Å². The molecule has 1 aromatic rings. The summed E-state index contributed by atoms with van der Waals surface area (Å²) in [7, 11) is 0. The average Bonchev–Trinajstić information content (AvgIpc) is 2.60. The summed E-state index contributed by atoms with van der Waals surface area (Å²) in [6, 6.07) is 2.06. The molecule has 1 aliphatic rings. The topological polar surface area (TPSA) is 25.2 Å². The first-order valence-electron chi connectivity index (χ1n) is 6.29. The van der Waals surface area contributed by atoms with E-state index in [1.807, 2.05) is 6.92 Å². The van der Waals surface area contributed by atoms with E-state index in [1.165, 1.54) is 5.69 Å². The van der Waals surface area contributed by atoms with E-state index in [2.05, 4.69) is 42.5 Å². The van der Waals surface area contributed by atoms with E-state index in [0.717, 1.165) is 31.4 Å². The van der Waals surface area contributed by atoms with Gasteiger partial charge in [0.15, 0.2) is 0 Å². The molecule has 1 heterocycles. The molecule has 92 valence electrons. The summed E-state index contributed by atoms with van der Waals surface area (Å²) < 4.78 is 2.25. The van der Waals surface area contributed by atoms with Crippen molar-refractivity contribution >= 4 is 0 Å². The molecule has 0 aromatic carbocycles. The van der Waals surface area contributed by atoms with Crippen molar-refractivity contribution in [3.05, 3.63) is 23.5 Å². The number of hydrogen-bond donors (Lipinski definition) is 1. The molecule has 0 bridgehead atoms.